The minimum atomic E-state index is -3.69. The molecular formula is C12H18Cl2N2O3S. The molecule has 0 saturated carbocycles. The van der Waals surface area contributed by atoms with Gasteiger partial charge in [-0.1, -0.05) is 30.1 Å². The number of rotatable bonds is 8. The van der Waals surface area contributed by atoms with Crippen LogP contribution in [0, 0.1) is 0 Å². The molecule has 0 fully saturated rings. The Labute approximate surface area is 129 Å². The Morgan fingerprint density at radius 1 is 1.15 bits per heavy atom. The molecule has 0 unspecified atom stereocenters. The maximum Gasteiger partial charge on any atom is 0.242 e. The van der Waals surface area contributed by atoms with Crippen LogP contribution in [0.4, 0.5) is 0 Å². The van der Waals surface area contributed by atoms with E-state index in [4.69, 9.17) is 27.9 Å². The molecule has 0 aliphatic rings. The van der Waals surface area contributed by atoms with Gasteiger partial charge < -0.3 is 10.1 Å². The molecule has 0 aliphatic carbocycles. The first kappa shape index (κ1) is 17.5. The smallest absolute Gasteiger partial charge is 0.242 e. The third-order valence-electron chi connectivity index (χ3n) is 2.52. The van der Waals surface area contributed by atoms with Gasteiger partial charge in [0.05, 0.1) is 17.2 Å². The number of nitrogens with one attached hydrogen (secondary N) is 2. The summed E-state index contributed by atoms with van der Waals surface area (Å²) < 4.78 is 31.7. The molecule has 8 heteroatoms. The summed E-state index contributed by atoms with van der Waals surface area (Å²) in [5.74, 6) is 0.334. The highest BCUT2D eigenvalue weighted by Crippen LogP contribution is 2.33. The zero-order valence-electron chi connectivity index (χ0n) is 11.4. The van der Waals surface area contributed by atoms with Crippen LogP contribution in [0.2, 0.25) is 10.0 Å². The number of halogens is 2. The number of ether oxygens (including phenoxy) is 1. The summed E-state index contributed by atoms with van der Waals surface area (Å²) in [6.45, 7) is 3.71. The molecule has 0 amide bonds. The van der Waals surface area contributed by atoms with Gasteiger partial charge in [0.15, 0.2) is 0 Å². The van der Waals surface area contributed by atoms with Crippen molar-refractivity contribution in [3.8, 4) is 5.75 Å². The van der Waals surface area contributed by atoms with Gasteiger partial charge in [0, 0.05) is 19.2 Å². The summed E-state index contributed by atoms with van der Waals surface area (Å²) in [7, 11) is -2.25. The highest BCUT2D eigenvalue weighted by molar-refractivity contribution is 7.89. The molecule has 0 bridgehead atoms. The van der Waals surface area contributed by atoms with Gasteiger partial charge in [0.25, 0.3) is 0 Å². The molecule has 0 radical (unpaired) electrons. The van der Waals surface area contributed by atoms with E-state index < -0.39 is 10.0 Å². The van der Waals surface area contributed by atoms with Crippen LogP contribution in [0.15, 0.2) is 17.0 Å². The van der Waals surface area contributed by atoms with Gasteiger partial charge in [-0.2, -0.15) is 0 Å². The molecule has 0 spiro atoms. The molecule has 0 heterocycles. The zero-order valence-corrected chi connectivity index (χ0v) is 13.7. The van der Waals surface area contributed by atoms with E-state index in [1.807, 2.05) is 6.92 Å². The van der Waals surface area contributed by atoms with Crippen LogP contribution in [0.5, 0.6) is 5.75 Å². The Hall–Kier alpha value is -0.530. The largest absolute Gasteiger partial charge is 0.495 e. The van der Waals surface area contributed by atoms with E-state index in [2.05, 4.69) is 10.0 Å². The number of hydrogen-bond acceptors (Lipinski definition) is 4. The van der Waals surface area contributed by atoms with E-state index in [1.54, 1.807) is 0 Å². The van der Waals surface area contributed by atoms with Crippen molar-refractivity contribution < 1.29 is 13.2 Å². The van der Waals surface area contributed by atoms with Gasteiger partial charge >= 0.3 is 0 Å². The highest BCUT2D eigenvalue weighted by atomic mass is 35.5. The number of hydrogen-bond donors (Lipinski definition) is 2. The lowest BCUT2D eigenvalue weighted by Crippen LogP contribution is -2.32. The highest BCUT2D eigenvalue weighted by Gasteiger charge is 2.20. The Balaban J connectivity index is 2.80. The van der Waals surface area contributed by atoms with Gasteiger partial charge in [-0.15, -0.1) is 0 Å². The SMILES string of the molecule is CCCNCCNS(=O)(=O)c1cc(Cl)c(OC)cc1Cl. The molecular weight excluding hydrogens is 323 g/mol. The van der Waals surface area contributed by atoms with Crippen molar-refractivity contribution in [2.24, 2.45) is 0 Å². The first-order valence-corrected chi connectivity index (χ1v) is 8.39. The molecule has 0 aliphatic heterocycles. The number of methoxy groups -OCH3 is 1. The molecule has 0 aromatic heterocycles. The standard InChI is InChI=1S/C12H18Cl2N2O3S/c1-3-4-15-5-6-16-20(17,18)12-8-9(13)11(19-2)7-10(12)14/h7-8,15-16H,3-6H2,1-2H3. The van der Waals surface area contributed by atoms with E-state index in [-0.39, 0.29) is 21.5 Å². The molecule has 5 nitrogen and oxygen atoms in total. The maximum atomic E-state index is 12.1. The lowest BCUT2D eigenvalue weighted by Gasteiger charge is -2.11. The van der Waals surface area contributed by atoms with E-state index in [9.17, 15) is 8.42 Å². The summed E-state index contributed by atoms with van der Waals surface area (Å²) in [4.78, 5) is -0.0551. The van der Waals surface area contributed by atoms with Gasteiger partial charge in [-0.05, 0) is 19.0 Å². The Kier molecular flexibility index (Phi) is 7.05. The second-order valence-electron chi connectivity index (χ2n) is 4.06. The quantitative estimate of drug-likeness (QED) is 0.712. The fraction of sp³-hybridized carbons (Fsp3) is 0.500. The van der Waals surface area contributed by atoms with Crippen molar-refractivity contribution in [2.45, 2.75) is 18.2 Å². The predicted octanol–water partition coefficient (Wildman–Crippen LogP) is 2.28. The fourth-order valence-electron chi connectivity index (χ4n) is 1.53. The normalized spacial score (nSPS) is 11.6. The molecule has 1 rings (SSSR count). The molecule has 1 aromatic carbocycles. The second kappa shape index (κ2) is 8.05. The van der Waals surface area contributed by atoms with Gasteiger partial charge in [-0.3, -0.25) is 0 Å². The fourth-order valence-corrected chi connectivity index (χ4v) is 3.40. The van der Waals surface area contributed by atoms with E-state index in [0.29, 0.717) is 12.3 Å². The third-order valence-corrected chi connectivity index (χ3v) is 4.74. The molecule has 114 valence electrons. The molecule has 20 heavy (non-hydrogen) atoms. The van der Waals surface area contributed by atoms with E-state index in [1.165, 1.54) is 19.2 Å². The number of sulfonamides is 1. The summed E-state index contributed by atoms with van der Waals surface area (Å²) in [6, 6.07) is 2.66. The van der Waals surface area contributed by atoms with Crippen molar-refractivity contribution in [3.05, 3.63) is 22.2 Å². The maximum absolute atomic E-state index is 12.1. The molecule has 0 saturated heterocycles. The van der Waals surface area contributed by atoms with Crippen molar-refractivity contribution in [1.29, 1.82) is 0 Å². The summed E-state index contributed by atoms with van der Waals surface area (Å²) in [6.07, 6.45) is 0.993. The molecule has 1 aromatic rings. The van der Waals surface area contributed by atoms with Crippen LogP contribution in [0.3, 0.4) is 0 Å². The van der Waals surface area contributed by atoms with Crippen molar-refractivity contribution >= 4 is 33.2 Å². The second-order valence-corrected chi connectivity index (χ2v) is 6.61. The lowest BCUT2D eigenvalue weighted by atomic mass is 10.3. The average Bonchev–Trinajstić information content (AvgIpc) is 2.40. The molecule has 2 N–H and O–H groups in total. The predicted molar refractivity (Wildman–Crippen MR) is 81.4 cm³/mol. The lowest BCUT2D eigenvalue weighted by molar-refractivity contribution is 0.414. The monoisotopic (exact) mass is 340 g/mol. The van der Waals surface area contributed by atoms with Crippen LogP contribution >= 0.6 is 23.2 Å². The van der Waals surface area contributed by atoms with Crippen molar-refractivity contribution in [1.82, 2.24) is 10.0 Å². The topological polar surface area (TPSA) is 67.4 Å². The van der Waals surface area contributed by atoms with Crippen molar-refractivity contribution in [3.63, 3.8) is 0 Å². The van der Waals surface area contributed by atoms with Crippen LogP contribution in [0.1, 0.15) is 13.3 Å². The van der Waals surface area contributed by atoms with E-state index >= 15 is 0 Å². The first-order valence-electron chi connectivity index (χ1n) is 6.15. The Morgan fingerprint density at radius 3 is 2.45 bits per heavy atom. The zero-order chi connectivity index (χ0) is 15.2. The summed E-state index contributed by atoms with van der Waals surface area (Å²) in [5, 5.41) is 3.36. The van der Waals surface area contributed by atoms with Crippen molar-refractivity contribution in [2.75, 3.05) is 26.7 Å². The van der Waals surface area contributed by atoms with E-state index in [0.717, 1.165) is 13.0 Å². The minimum Gasteiger partial charge on any atom is -0.495 e. The Morgan fingerprint density at radius 2 is 1.85 bits per heavy atom. The van der Waals surface area contributed by atoms with Crippen LogP contribution in [-0.4, -0.2) is 35.2 Å². The first-order chi connectivity index (χ1) is 9.42. The Bertz CT molecular complexity index is 550. The van der Waals surface area contributed by atoms with Gasteiger partial charge in [0.2, 0.25) is 10.0 Å². The van der Waals surface area contributed by atoms with Gasteiger partial charge in [-0.25, -0.2) is 13.1 Å². The van der Waals surface area contributed by atoms with Crippen LogP contribution in [-0.2, 0) is 10.0 Å². The summed E-state index contributed by atoms with van der Waals surface area (Å²) in [5.41, 5.74) is 0. The van der Waals surface area contributed by atoms with Crippen LogP contribution < -0.4 is 14.8 Å². The van der Waals surface area contributed by atoms with Gasteiger partial charge in [0.1, 0.15) is 10.6 Å². The number of benzene rings is 1. The minimum absolute atomic E-state index is 0.0551. The molecule has 0 atom stereocenters. The average molecular weight is 341 g/mol. The third kappa shape index (κ3) is 4.79. The summed E-state index contributed by atoms with van der Waals surface area (Å²) >= 11 is 11.9. The van der Waals surface area contributed by atoms with Crippen LogP contribution in [0.25, 0.3) is 0 Å².